The van der Waals surface area contributed by atoms with E-state index in [1.165, 1.54) is 0 Å². The van der Waals surface area contributed by atoms with E-state index < -0.39 is 17.2 Å². The molecule has 1 amide bonds. The van der Waals surface area contributed by atoms with E-state index in [1.807, 2.05) is 45.1 Å². The van der Waals surface area contributed by atoms with E-state index in [2.05, 4.69) is 5.32 Å². The third-order valence-electron chi connectivity index (χ3n) is 3.98. The highest BCUT2D eigenvalue weighted by Crippen LogP contribution is 2.36. The molecule has 2 rings (SSSR count). The maximum absolute atomic E-state index is 12.4. The quantitative estimate of drug-likeness (QED) is 0.862. The molecule has 1 fully saturated rings. The standard InChI is InChI=1S/C17H25NO3/c1-16(2,3)21-15(20)18-17(10-7-11-17)12-14(19)13-8-5-4-6-9-13/h4-6,8,13H,7,9-12H2,1-3H3,(H,18,20). The maximum atomic E-state index is 12.4. The summed E-state index contributed by atoms with van der Waals surface area (Å²) in [4.78, 5) is 24.4. The fourth-order valence-electron chi connectivity index (χ4n) is 2.75. The molecule has 0 aromatic heterocycles. The molecular weight excluding hydrogens is 266 g/mol. The highest BCUT2D eigenvalue weighted by atomic mass is 16.6. The van der Waals surface area contributed by atoms with E-state index in [0.29, 0.717) is 6.42 Å². The number of allylic oxidation sites excluding steroid dienone is 4. The summed E-state index contributed by atoms with van der Waals surface area (Å²) in [6.07, 6.45) is 11.3. The van der Waals surface area contributed by atoms with Crippen LogP contribution in [0.1, 0.15) is 52.9 Å². The first kappa shape index (κ1) is 15.8. The summed E-state index contributed by atoms with van der Waals surface area (Å²) >= 11 is 0. The Hall–Kier alpha value is -1.58. The molecule has 21 heavy (non-hydrogen) atoms. The Bertz CT molecular complexity index is 467. The van der Waals surface area contributed by atoms with E-state index in [0.717, 1.165) is 25.7 Å². The van der Waals surface area contributed by atoms with E-state index in [9.17, 15) is 9.59 Å². The van der Waals surface area contributed by atoms with Gasteiger partial charge in [-0.05, 0) is 46.5 Å². The van der Waals surface area contributed by atoms with Gasteiger partial charge in [0.2, 0.25) is 0 Å². The average molecular weight is 291 g/mol. The van der Waals surface area contributed by atoms with Gasteiger partial charge in [-0.2, -0.15) is 0 Å². The Morgan fingerprint density at radius 3 is 2.48 bits per heavy atom. The number of hydrogen-bond donors (Lipinski definition) is 1. The van der Waals surface area contributed by atoms with Crippen molar-refractivity contribution in [3.8, 4) is 0 Å². The minimum absolute atomic E-state index is 0.0482. The first-order valence-corrected chi connectivity index (χ1v) is 7.67. The first-order valence-electron chi connectivity index (χ1n) is 7.67. The first-order chi connectivity index (χ1) is 9.80. The lowest BCUT2D eigenvalue weighted by atomic mass is 9.71. The van der Waals surface area contributed by atoms with E-state index in [1.54, 1.807) is 0 Å². The molecule has 1 unspecified atom stereocenters. The number of rotatable bonds is 4. The predicted molar refractivity (Wildman–Crippen MR) is 82.0 cm³/mol. The molecule has 0 aromatic carbocycles. The van der Waals surface area contributed by atoms with Crippen molar-refractivity contribution in [3.05, 3.63) is 24.3 Å². The smallest absolute Gasteiger partial charge is 0.408 e. The fraction of sp³-hybridized carbons (Fsp3) is 0.647. The molecule has 0 bridgehead atoms. The topological polar surface area (TPSA) is 55.4 Å². The molecule has 0 heterocycles. The minimum atomic E-state index is -0.518. The summed E-state index contributed by atoms with van der Waals surface area (Å²) in [6, 6.07) is 0. The Kier molecular flexibility index (Phi) is 4.55. The summed E-state index contributed by atoms with van der Waals surface area (Å²) in [5, 5.41) is 2.93. The van der Waals surface area contributed by atoms with Gasteiger partial charge in [0.1, 0.15) is 11.4 Å². The van der Waals surface area contributed by atoms with Crippen molar-refractivity contribution in [2.45, 2.75) is 64.0 Å². The SMILES string of the molecule is CC(C)(C)OC(=O)NC1(CC(=O)C2C=CC=CC2)CCC1. The number of Topliss-reactive ketones (excluding diaryl/α,β-unsaturated/α-hetero) is 1. The van der Waals surface area contributed by atoms with Crippen molar-refractivity contribution >= 4 is 11.9 Å². The number of hydrogen-bond acceptors (Lipinski definition) is 3. The highest BCUT2D eigenvalue weighted by Gasteiger charge is 2.42. The van der Waals surface area contributed by atoms with Crippen LogP contribution in [-0.2, 0) is 9.53 Å². The van der Waals surface area contributed by atoms with Crippen molar-refractivity contribution in [1.82, 2.24) is 5.32 Å². The summed E-state index contributed by atoms with van der Waals surface area (Å²) < 4.78 is 5.31. The van der Waals surface area contributed by atoms with Gasteiger partial charge >= 0.3 is 6.09 Å². The number of ether oxygens (including phenoxy) is 1. The molecule has 2 aliphatic carbocycles. The van der Waals surface area contributed by atoms with Crippen LogP contribution in [0.4, 0.5) is 4.79 Å². The van der Waals surface area contributed by atoms with Crippen molar-refractivity contribution in [2.75, 3.05) is 0 Å². The van der Waals surface area contributed by atoms with Crippen molar-refractivity contribution in [2.24, 2.45) is 5.92 Å². The van der Waals surface area contributed by atoms with Crippen LogP contribution in [0.15, 0.2) is 24.3 Å². The van der Waals surface area contributed by atoms with Gasteiger partial charge in [-0.15, -0.1) is 0 Å². The van der Waals surface area contributed by atoms with Crippen LogP contribution in [0.5, 0.6) is 0 Å². The lowest BCUT2D eigenvalue weighted by Crippen LogP contribution is -2.56. The molecule has 1 N–H and O–H groups in total. The second-order valence-electron chi connectivity index (χ2n) is 7.06. The summed E-state index contributed by atoms with van der Waals surface area (Å²) in [5.41, 5.74) is -0.912. The molecular formula is C17H25NO3. The van der Waals surface area contributed by atoms with Crippen molar-refractivity contribution in [1.29, 1.82) is 0 Å². The van der Waals surface area contributed by atoms with Crippen LogP contribution in [0.2, 0.25) is 0 Å². The van der Waals surface area contributed by atoms with Gasteiger partial charge < -0.3 is 10.1 Å². The van der Waals surface area contributed by atoms with Gasteiger partial charge in [-0.25, -0.2) is 4.79 Å². The molecule has 4 nitrogen and oxygen atoms in total. The van der Waals surface area contributed by atoms with Gasteiger partial charge in [0.25, 0.3) is 0 Å². The van der Waals surface area contributed by atoms with Crippen LogP contribution in [0.25, 0.3) is 0 Å². The Labute approximate surface area is 126 Å². The largest absolute Gasteiger partial charge is 0.444 e. The molecule has 1 atom stereocenters. The molecule has 0 aliphatic heterocycles. The monoisotopic (exact) mass is 291 g/mol. The molecule has 2 aliphatic rings. The summed E-state index contributed by atoms with van der Waals surface area (Å²) in [5.74, 6) is 0.152. The summed E-state index contributed by atoms with van der Waals surface area (Å²) in [6.45, 7) is 5.51. The normalized spacial score (nSPS) is 23.3. The third-order valence-corrected chi connectivity index (χ3v) is 3.98. The Morgan fingerprint density at radius 2 is 2.00 bits per heavy atom. The zero-order valence-corrected chi connectivity index (χ0v) is 13.1. The van der Waals surface area contributed by atoms with Crippen LogP contribution in [-0.4, -0.2) is 23.0 Å². The second-order valence-corrected chi connectivity index (χ2v) is 7.06. The predicted octanol–water partition coefficient (Wildman–Crippen LogP) is 3.53. The molecule has 0 radical (unpaired) electrons. The van der Waals surface area contributed by atoms with E-state index in [-0.39, 0.29) is 11.7 Å². The van der Waals surface area contributed by atoms with Gasteiger partial charge in [0.05, 0.1) is 5.54 Å². The molecule has 4 heteroatoms. The second kappa shape index (κ2) is 6.04. The third kappa shape index (κ3) is 4.45. The van der Waals surface area contributed by atoms with Crippen LogP contribution in [0.3, 0.4) is 0 Å². The zero-order chi connectivity index (χ0) is 15.5. The van der Waals surface area contributed by atoms with Crippen molar-refractivity contribution in [3.63, 3.8) is 0 Å². The van der Waals surface area contributed by atoms with Gasteiger partial charge in [0.15, 0.2) is 0 Å². The van der Waals surface area contributed by atoms with Crippen LogP contribution in [0, 0.1) is 5.92 Å². The van der Waals surface area contributed by atoms with Crippen LogP contribution >= 0.6 is 0 Å². The number of alkyl carbamates (subject to hydrolysis) is 1. The molecule has 116 valence electrons. The zero-order valence-electron chi connectivity index (χ0n) is 13.1. The average Bonchev–Trinajstić information content (AvgIpc) is 2.34. The number of amides is 1. The molecule has 1 saturated carbocycles. The molecule has 0 spiro atoms. The number of ketones is 1. The van der Waals surface area contributed by atoms with Gasteiger partial charge in [0, 0.05) is 12.3 Å². The van der Waals surface area contributed by atoms with Gasteiger partial charge in [-0.3, -0.25) is 4.79 Å². The number of carbonyl (C=O) groups excluding carboxylic acids is 2. The van der Waals surface area contributed by atoms with E-state index in [4.69, 9.17) is 4.74 Å². The molecule has 0 saturated heterocycles. The fourth-order valence-corrected chi connectivity index (χ4v) is 2.75. The Morgan fingerprint density at radius 1 is 1.29 bits per heavy atom. The number of nitrogens with one attached hydrogen (secondary N) is 1. The lowest BCUT2D eigenvalue weighted by molar-refractivity contribution is -0.123. The molecule has 0 aromatic rings. The van der Waals surface area contributed by atoms with Crippen LogP contribution < -0.4 is 5.32 Å². The van der Waals surface area contributed by atoms with Gasteiger partial charge in [-0.1, -0.05) is 24.3 Å². The summed E-state index contributed by atoms with van der Waals surface area (Å²) in [7, 11) is 0. The van der Waals surface area contributed by atoms with E-state index >= 15 is 0 Å². The number of carbonyl (C=O) groups is 2. The highest BCUT2D eigenvalue weighted by molar-refractivity contribution is 5.85. The Balaban J connectivity index is 1.92. The lowest BCUT2D eigenvalue weighted by Gasteiger charge is -2.42. The maximum Gasteiger partial charge on any atom is 0.408 e. The van der Waals surface area contributed by atoms with Crippen molar-refractivity contribution < 1.29 is 14.3 Å². The minimum Gasteiger partial charge on any atom is -0.444 e.